The highest BCUT2D eigenvalue weighted by molar-refractivity contribution is 7.62. The summed E-state index contributed by atoms with van der Waals surface area (Å²) in [6, 6.07) is 6.89. The van der Waals surface area contributed by atoms with E-state index in [4.69, 9.17) is 14.8 Å². The second-order valence-corrected chi connectivity index (χ2v) is 4.88. The van der Waals surface area contributed by atoms with Crippen LogP contribution in [-0.4, -0.2) is 13.2 Å². The number of para-hydroxylation sites is 1. The fourth-order valence-electron chi connectivity index (χ4n) is 1.25. The van der Waals surface area contributed by atoms with Gasteiger partial charge < -0.3 is 14.8 Å². The lowest BCUT2D eigenvalue weighted by molar-refractivity contribution is 0.230. The maximum atomic E-state index is 12.3. The Morgan fingerprint density at radius 3 is 2.00 bits per heavy atom. The van der Waals surface area contributed by atoms with Gasteiger partial charge in [-0.25, -0.2) is 0 Å². The van der Waals surface area contributed by atoms with Crippen molar-refractivity contribution in [1.82, 2.24) is 0 Å². The molecule has 98 valence electrons. The van der Waals surface area contributed by atoms with Gasteiger partial charge in [-0.2, -0.15) is 0 Å². The maximum absolute atomic E-state index is 12.3. The predicted octanol–water partition coefficient (Wildman–Crippen LogP) is 3.19. The largest absolute Gasteiger partial charge is 0.398 e. The lowest BCUT2D eigenvalue weighted by Crippen LogP contribution is -2.14. The van der Waals surface area contributed by atoms with Gasteiger partial charge in [0, 0.05) is 5.69 Å². The van der Waals surface area contributed by atoms with Crippen LogP contribution in [0.25, 0.3) is 0 Å². The van der Waals surface area contributed by atoms with Crippen LogP contribution >= 0.6 is 7.60 Å². The summed E-state index contributed by atoms with van der Waals surface area (Å²) in [5, 5.41) is 0.439. The first-order valence-electron chi connectivity index (χ1n) is 5.88. The Morgan fingerprint density at radius 1 is 1.12 bits per heavy atom. The van der Waals surface area contributed by atoms with Gasteiger partial charge >= 0.3 is 7.60 Å². The average molecular weight is 259 g/mol. The molecular formula is C12H22NO3P. The average Bonchev–Trinajstić information content (AvgIpc) is 2.32. The quantitative estimate of drug-likeness (QED) is 0.651. The zero-order chi connectivity index (χ0) is 13.3. The number of hydrogen-bond acceptors (Lipinski definition) is 4. The number of hydrogen-bond donors (Lipinski definition) is 1. The van der Waals surface area contributed by atoms with Gasteiger partial charge in [0.05, 0.1) is 18.5 Å². The first-order chi connectivity index (χ1) is 8.14. The fraction of sp³-hybridized carbons (Fsp3) is 0.500. The van der Waals surface area contributed by atoms with Crippen molar-refractivity contribution >= 4 is 18.6 Å². The molecule has 1 aromatic rings. The number of nitrogens with two attached hydrogens (primary N) is 1. The minimum absolute atomic E-state index is 0.325. The molecule has 0 aliphatic heterocycles. The summed E-state index contributed by atoms with van der Waals surface area (Å²) in [4.78, 5) is 0. The molecule has 1 aromatic carbocycles. The van der Waals surface area contributed by atoms with E-state index in [0.29, 0.717) is 24.2 Å². The van der Waals surface area contributed by atoms with E-state index >= 15 is 0 Å². The van der Waals surface area contributed by atoms with Crippen LogP contribution in [-0.2, 0) is 13.6 Å². The molecule has 0 bridgehead atoms. The Hall–Kier alpha value is -0.830. The summed E-state index contributed by atoms with van der Waals surface area (Å²) >= 11 is 0. The van der Waals surface area contributed by atoms with Gasteiger partial charge in [0.1, 0.15) is 0 Å². The highest BCUT2D eigenvalue weighted by Crippen LogP contribution is 2.48. The SMILES string of the molecule is CC.CCOP(=O)(OCC)c1ccccc1N. The van der Waals surface area contributed by atoms with Crippen LogP contribution < -0.4 is 11.0 Å². The molecule has 0 radical (unpaired) electrons. The summed E-state index contributed by atoms with van der Waals surface area (Å²) in [6.45, 7) is 8.19. The van der Waals surface area contributed by atoms with Crippen molar-refractivity contribution in [3.05, 3.63) is 24.3 Å². The summed E-state index contributed by atoms with van der Waals surface area (Å²) in [5.41, 5.74) is 6.17. The molecule has 0 spiro atoms. The molecule has 1 rings (SSSR count). The molecule has 17 heavy (non-hydrogen) atoms. The predicted molar refractivity (Wildman–Crippen MR) is 72.7 cm³/mol. The first-order valence-corrected chi connectivity index (χ1v) is 7.42. The van der Waals surface area contributed by atoms with Crippen molar-refractivity contribution in [1.29, 1.82) is 0 Å². The molecule has 5 heteroatoms. The molecule has 0 saturated carbocycles. The van der Waals surface area contributed by atoms with Crippen molar-refractivity contribution in [2.75, 3.05) is 18.9 Å². The van der Waals surface area contributed by atoms with E-state index < -0.39 is 7.60 Å². The molecule has 0 aliphatic carbocycles. The molecule has 0 heterocycles. The van der Waals surface area contributed by atoms with E-state index in [9.17, 15) is 4.57 Å². The maximum Gasteiger partial charge on any atom is 0.363 e. The second kappa shape index (κ2) is 8.29. The van der Waals surface area contributed by atoms with Crippen molar-refractivity contribution in [2.45, 2.75) is 27.7 Å². The van der Waals surface area contributed by atoms with Crippen LogP contribution in [0.5, 0.6) is 0 Å². The first kappa shape index (κ1) is 16.2. The van der Waals surface area contributed by atoms with Crippen molar-refractivity contribution in [2.24, 2.45) is 0 Å². The lowest BCUT2D eigenvalue weighted by Gasteiger charge is -2.18. The second-order valence-electron chi connectivity index (χ2n) is 2.89. The summed E-state index contributed by atoms with van der Waals surface area (Å²) in [5.74, 6) is 0. The van der Waals surface area contributed by atoms with Gasteiger partial charge in [-0.05, 0) is 26.0 Å². The molecule has 0 aliphatic rings. The number of benzene rings is 1. The summed E-state index contributed by atoms with van der Waals surface area (Å²) < 4.78 is 22.7. The molecule has 4 nitrogen and oxygen atoms in total. The highest BCUT2D eigenvalue weighted by atomic mass is 31.2. The molecule has 2 N–H and O–H groups in total. The molecule has 0 aromatic heterocycles. The third-order valence-corrected chi connectivity index (χ3v) is 4.02. The smallest absolute Gasteiger partial charge is 0.363 e. The normalized spacial score (nSPS) is 10.6. The monoisotopic (exact) mass is 259 g/mol. The lowest BCUT2D eigenvalue weighted by atomic mass is 10.3. The molecule has 0 unspecified atom stereocenters. The van der Waals surface area contributed by atoms with Gasteiger partial charge in [-0.1, -0.05) is 26.0 Å². The standard InChI is InChI=1S/C10H16NO3P.C2H6/c1-3-13-15(12,14-4-2)10-8-6-5-7-9(10)11;1-2/h5-8H,3-4,11H2,1-2H3;1-2H3. The number of rotatable bonds is 5. The van der Waals surface area contributed by atoms with E-state index in [1.54, 1.807) is 38.1 Å². The Kier molecular flexibility index (Phi) is 7.88. The topological polar surface area (TPSA) is 61.5 Å². The van der Waals surface area contributed by atoms with Gasteiger partial charge in [-0.15, -0.1) is 0 Å². The zero-order valence-corrected chi connectivity index (χ0v) is 11.9. The van der Waals surface area contributed by atoms with Crippen LogP contribution in [0.3, 0.4) is 0 Å². The van der Waals surface area contributed by atoms with Gasteiger partial charge in [0.2, 0.25) is 0 Å². The molecular weight excluding hydrogens is 237 g/mol. The Labute approximate surface area is 104 Å². The van der Waals surface area contributed by atoms with E-state index in [1.165, 1.54) is 0 Å². The highest BCUT2D eigenvalue weighted by Gasteiger charge is 2.28. The van der Waals surface area contributed by atoms with Crippen LogP contribution in [0.1, 0.15) is 27.7 Å². The third kappa shape index (κ3) is 4.50. The van der Waals surface area contributed by atoms with E-state index in [2.05, 4.69) is 0 Å². The van der Waals surface area contributed by atoms with Gasteiger partial charge in [0.15, 0.2) is 0 Å². The molecule has 0 saturated heterocycles. The van der Waals surface area contributed by atoms with Crippen molar-refractivity contribution in [3.63, 3.8) is 0 Å². The summed E-state index contributed by atoms with van der Waals surface area (Å²) in [6.07, 6.45) is 0. The van der Waals surface area contributed by atoms with Crippen LogP contribution in [0.2, 0.25) is 0 Å². The third-order valence-electron chi connectivity index (χ3n) is 1.83. The Balaban J connectivity index is 0.00000121. The van der Waals surface area contributed by atoms with Gasteiger partial charge in [0.25, 0.3) is 0 Å². The van der Waals surface area contributed by atoms with Crippen molar-refractivity contribution in [3.8, 4) is 0 Å². The van der Waals surface area contributed by atoms with E-state index in [1.807, 2.05) is 13.8 Å². The van der Waals surface area contributed by atoms with Crippen LogP contribution in [0.4, 0.5) is 5.69 Å². The zero-order valence-electron chi connectivity index (χ0n) is 11.0. The Morgan fingerprint density at radius 2 is 1.59 bits per heavy atom. The summed E-state index contributed by atoms with van der Waals surface area (Å²) in [7, 11) is -3.23. The fourth-order valence-corrected chi connectivity index (χ4v) is 2.95. The molecule has 0 fully saturated rings. The van der Waals surface area contributed by atoms with E-state index in [0.717, 1.165) is 0 Å². The molecule has 0 amide bonds. The number of anilines is 1. The minimum Gasteiger partial charge on any atom is -0.398 e. The van der Waals surface area contributed by atoms with Gasteiger partial charge in [-0.3, -0.25) is 4.57 Å². The Bertz CT molecular complexity index is 359. The van der Waals surface area contributed by atoms with Crippen LogP contribution in [0.15, 0.2) is 24.3 Å². The van der Waals surface area contributed by atoms with Crippen molar-refractivity contribution < 1.29 is 13.6 Å². The van der Waals surface area contributed by atoms with E-state index in [-0.39, 0.29) is 0 Å². The molecule has 0 atom stereocenters. The van der Waals surface area contributed by atoms with Crippen LogP contribution in [0, 0.1) is 0 Å². The minimum atomic E-state index is -3.23. The number of nitrogen functional groups attached to an aromatic ring is 1.